The number of aromatic nitrogens is 3. The molecule has 0 saturated carbocycles. The summed E-state index contributed by atoms with van der Waals surface area (Å²) in [6.45, 7) is 3.43. The minimum absolute atomic E-state index is 0.0451. The molecule has 1 amide bonds. The van der Waals surface area contributed by atoms with Crippen molar-refractivity contribution < 1.29 is 4.79 Å². The van der Waals surface area contributed by atoms with E-state index >= 15 is 0 Å². The van der Waals surface area contributed by atoms with Crippen LogP contribution in [0.5, 0.6) is 0 Å². The molecule has 0 aliphatic heterocycles. The maximum Gasteiger partial charge on any atom is 0.276 e. The summed E-state index contributed by atoms with van der Waals surface area (Å²) in [6.07, 6.45) is 3.39. The van der Waals surface area contributed by atoms with E-state index in [0.717, 1.165) is 39.0 Å². The fourth-order valence-corrected chi connectivity index (χ4v) is 1.94. The van der Waals surface area contributed by atoms with E-state index in [0.29, 0.717) is 5.69 Å². The first-order valence-electron chi connectivity index (χ1n) is 6.95. The number of hydrogen-bond acceptors (Lipinski definition) is 5. The van der Waals surface area contributed by atoms with E-state index in [1.807, 2.05) is 33.1 Å². The van der Waals surface area contributed by atoms with Gasteiger partial charge in [-0.25, -0.2) is 0 Å². The molecule has 1 N–H and O–H groups in total. The Kier molecular flexibility index (Phi) is 7.17. The Morgan fingerprint density at radius 2 is 1.60 bits per heavy atom. The summed E-state index contributed by atoms with van der Waals surface area (Å²) in [5, 5.41) is 10.1. The van der Waals surface area contributed by atoms with Crippen LogP contribution >= 0.6 is 0 Å². The van der Waals surface area contributed by atoms with Gasteiger partial charge >= 0.3 is 0 Å². The molecule has 7 heteroatoms. The zero-order valence-electron chi connectivity index (χ0n) is 13.0. The zero-order valence-corrected chi connectivity index (χ0v) is 13.0. The maximum atomic E-state index is 12.3. The Bertz CT molecular complexity index is 362. The average molecular weight is 282 g/mol. The number of amides is 1. The predicted molar refractivity (Wildman–Crippen MR) is 78.6 cm³/mol. The molecule has 0 saturated heterocycles. The van der Waals surface area contributed by atoms with Gasteiger partial charge in [-0.15, -0.1) is 0 Å². The lowest BCUT2D eigenvalue weighted by atomic mass is 10.3. The summed E-state index contributed by atoms with van der Waals surface area (Å²) in [7, 11) is 8.15. The fourth-order valence-electron chi connectivity index (χ4n) is 1.94. The summed E-state index contributed by atoms with van der Waals surface area (Å²) in [5.41, 5.74) is 0.389. The fraction of sp³-hybridized carbons (Fsp3) is 0.769. The van der Waals surface area contributed by atoms with E-state index < -0.39 is 0 Å². The quantitative estimate of drug-likeness (QED) is 0.698. The highest BCUT2D eigenvalue weighted by atomic mass is 16.2. The predicted octanol–water partition coefficient (Wildman–Crippen LogP) is 0.150. The summed E-state index contributed by atoms with van der Waals surface area (Å²) >= 11 is 0. The minimum atomic E-state index is -0.0451. The van der Waals surface area contributed by atoms with Crippen LogP contribution in [0.25, 0.3) is 0 Å². The zero-order chi connectivity index (χ0) is 15.0. The molecule has 20 heavy (non-hydrogen) atoms. The third-order valence-electron chi connectivity index (χ3n) is 2.99. The van der Waals surface area contributed by atoms with Crippen LogP contribution in [0.2, 0.25) is 0 Å². The van der Waals surface area contributed by atoms with E-state index in [-0.39, 0.29) is 5.91 Å². The third-order valence-corrected chi connectivity index (χ3v) is 2.99. The first-order valence-corrected chi connectivity index (χ1v) is 6.95. The van der Waals surface area contributed by atoms with Crippen molar-refractivity contribution in [2.75, 3.05) is 54.4 Å². The summed E-state index contributed by atoms with van der Waals surface area (Å²) in [6, 6.07) is 0. The second kappa shape index (κ2) is 8.65. The highest BCUT2D eigenvalue weighted by Crippen LogP contribution is 2.03. The largest absolute Gasteiger partial charge is 0.337 e. The van der Waals surface area contributed by atoms with E-state index in [1.54, 1.807) is 0 Å². The van der Waals surface area contributed by atoms with Crippen molar-refractivity contribution in [3.63, 3.8) is 0 Å². The van der Waals surface area contributed by atoms with Gasteiger partial charge in [0.05, 0.1) is 6.20 Å². The molecule has 0 fully saturated rings. The van der Waals surface area contributed by atoms with Gasteiger partial charge in [-0.2, -0.15) is 15.4 Å². The van der Waals surface area contributed by atoms with Crippen LogP contribution in [0.1, 0.15) is 23.3 Å². The van der Waals surface area contributed by atoms with Crippen LogP contribution in [-0.4, -0.2) is 90.4 Å². The number of carbonyl (C=O) groups excluding carboxylic acids is 1. The van der Waals surface area contributed by atoms with Gasteiger partial charge in [-0.1, -0.05) is 0 Å². The number of rotatable bonds is 9. The molecule has 0 spiro atoms. The van der Waals surface area contributed by atoms with Crippen molar-refractivity contribution in [3.8, 4) is 0 Å². The lowest BCUT2D eigenvalue weighted by Crippen LogP contribution is -2.35. The monoisotopic (exact) mass is 282 g/mol. The van der Waals surface area contributed by atoms with Gasteiger partial charge in [-0.3, -0.25) is 4.79 Å². The molecule has 114 valence electrons. The van der Waals surface area contributed by atoms with Crippen molar-refractivity contribution in [2.45, 2.75) is 12.8 Å². The van der Waals surface area contributed by atoms with Gasteiger partial charge in [0.1, 0.15) is 0 Å². The number of H-pyrrole nitrogens is 1. The third kappa shape index (κ3) is 6.12. The number of carbonyl (C=O) groups is 1. The van der Waals surface area contributed by atoms with Crippen LogP contribution in [-0.2, 0) is 0 Å². The van der Waals surface area contributed by atoms with Crippen molar-refractivity contribution in [3.05, 3.63) is 11.9 Å². The van der Waals surface area contributed by atoms with Crippen LogP contribution in [0.4, 0.5) is 0 Å². The molecule has 1 aromatic rings. The first kappa shape index (κ1) is 16.6. The molecule has 7 nitrogen and oxygen atoms in total. The standard InChI is InChI=1S/C13H26N6O/c1-17(2)7-5-9-19(10-6-8-18(3)4)13(20)12-11-14-16-15-12/h11H,5-10H2,1-4H3,(H,14,15,16). The van der Waals surface area contributed by atoms with Gasteiger partial charge in [0.25, 0.3) is 5.91 Å². The molecule has 1 aromatic heterocycles. The smallest absolute Gasteiger partial charge is 0.276 e. The average Bonchev–Trinajstić information content (AvgIpc) is 2.89. The Balaban J connectivity index is 2.51. The van der Waals surface area contributed by atoms with Gasteiger partial charge < -0.3 is 14.7 Å². The molecule has 0 bridgehead atoms. The number of hydrogen-bond donors (Lipinski definition) is 1. The second-order valence-corrected chi connectivity index (χ2v) is 5.46. The Morgan fingerprint density at radius 1 is 1.05 bits per heavy atom. The van der Waals surface area contributed by atoms with E-state index in [2.05, 4.69) is 25.2 Å². The van der Waals surface area contributed by atoms with Crippen LogP contribution in [0.3, 0.4) is 0 Å². The highest BCUT2D eigenvalue weighted by molar-refractivity contribution is 5.91. The summed E-state index contributed by atoms with van der Waals surface area (Å²) < 4.78 is 0. The van der Waals surface area contributed by atoms with E-state index in [9.17, 15) is 4.79 Å². The summed E-state index contributed by atoms with van der Waals surface area (Å²) in [4.78, 5) is 18.4. The molecule has 0 aliphatic carbocycles. The van der Waals surface area contributed by atoms with Crippen LogP contribution in [0.15, 0.2) is 6.20 Å². The van der Waals surface area contributed by atoms with E-state index in [1.165, 1.54) is 6.20 Å². The van der Waals surface area contributed by atoms with Crippen LogP contribution in [0, 0.1) is 0 Å². The minimum Gasteiger partial charge on any atom is -0.337 e. The highest BCUT2D eigenvalue weighted by Gasteiger charge is 2.17. The normalized spacial score (nSPS) is 11.3. The topological polar surface area (TPSA) is 68.4 Å². The summed E-state index contributed by atoms with van der Waals surface area (Å²) in [5.74, 6) is -0.0451. The number of aromatic amines is 1. The molecule has 0 radical (unpaired) electrons. The Hall–Kier alpha value is -1.47. The Morgan fingerprint density at radius 3 is 2.00 bits per heavy atom. The van der Waals surface area contributed by atoms with Crippen molar-refractivity contribution in [1.82, 2.24) is 30.1 Å². The first-order chi connectivity index (χ1) is 9.50. The molecule has 0 aromatic carbocycles. The molecule has 1 rings (SSSR count). The molecule has 0 atom stereocenters. The van der Waals surface area contributed by atoms with Gasteiger partial charge in [-0.05, 0) is 54.1 Å². The van der Waals surface area contributed by atoms with Crippen molar-refractivity contribution in [2.24, 2.45) is 0 Å². The van der Waals surface area contributed by atoms with Gasteiger partial charge in [0.15, 0.2) is 5.69 Å². The molecular formula is C13H26N6O. The van der Waals surface area contributed by atoms with Crippen LogP contribution < -0.4 is 0 Å². The molecule has 0 unspecified atom stereocenters. The Labute approximate surface area is 120 Å². The lowest BCUT2D eigenvalue weighted by molar-refractivity contribution is 0.0738. The number of nitrogens with zero attached hydrogens (tertiary/aromatic N) is 5. The van der Waals surface area contributed by atoms with Crippen molar-refractivity contribution >= 4 is 5.91 Å². The second-order valence-electron chi connectivity index (χ2n) is 5.46. The van der Waals surface area contributed by atoms with Gasteiger partial charge in [0, 0.05) is 13.1 Å². The van der Waals surface area contributed by atoms with E-state index in [4.69, 9.17) is 0 Å². The number of nitrogens with one attached hydrogen (secondary N) is 1. The molecule has 0 aliphatic rings. The maximum absolute atomic E-state index is 12.3. The van der Waals surface area contributed by atoms with Crippen molar-refractivity contribution in [1.29, 1.82) is 0 Å². The SMILES string of the molecule is CN(C)CCCN(CCCN(C)C)C(=O)c1cn[nH]n1. The molecule has 1 heterocycles. The molecular weight excluding hydrogens is 256 g/mol. The van der Waals surface area contributed by atoms with Gasteiger partial charge in [0.2, 0.25) is 0 Å². The lowest BCUT2D eigenvalue weighted by Gasteiger charge is -2.23.